The Balaban J connectivity index is 1.51. The van der Waals surface area contributed by atoms with Gasteiger partial charge in [0.15, 0.2) is 0 Å². The molecule has 3 aliphatic rings. The first-order valence-corrected chi connectivity index (χ1v) is 9.84. The van der Waals surface area contributed by atoms with Crippen LogP contribution in [0.1, 0.15) is 44.2 Å². The van der Waals surface area contributed by atoms with Crippen molar-refractivity contribution in [3.05, 3.63) is 82.6 Å². The maximum atomic E-state index is 9.79. The Morgan fingerprint density at radius 3 is 2.79 bits per heavy atom. The van der Waals surface area contributed by atoms with Crippen LogP contribution < -0.4 is 4.74 Å². The molecule has 2 aliphatic heterocycles. The van der Waals surface area contributed by atoms with E-state index in [1.165, 1.54) is 16.7 Å². The van der Waals surface area contributed by atoms with E-state index in [-0.39, 0.29) is 11.2 Å². The molecule has 0 atom stereocenters. The van der Waals surface area contributed by atoms with Crippen molar-refractivity contribution in [1.29, 1.82) is 0 Å². The molecule has 0 unspecified atom stereocenters. The SMILES string of the molecule is CC1(C)C(C=CC2=C3Oc4cc(O)ccc4C=C3CCC2)=Nc2ccccc21. The summed E-state index contributed by atoms with van der Waals surface area (Å²) >= 11 is 0. The van der Waals surface area contributed by atoms with E-state index in [2.05, 4.69) is 50.3 Å². The van der Waals surface area contributed by atoms with E-state index >= 15 is 0 Å². The second-order valence-electron chi connectivity index (χ2n) is 8.17. The van der Waals surface area contributed by atoms with Gasteiger partial charge in [0.1, 0.15) is 17.3 Å². The Labute approximate surface area is 165 Å². The molecule has 0 fully saturated rings. The molecular weight excluding hydrogens is 346 g/mol. The molecule has 28 heavy (non-hydrogen) atoms. The normalized spacial score (nSPS) is 19.5. The lowest BCUT2D eigenvalue weighted by molar-refractivity contribution is 0.404. The second-order valence-corrected chi connectivity index (χ2v) is 8.17. The van der Waals surface area contributed by atoms with Crippen LogP contribution >= 0.6 is 0 Å². The van der Waals surface area contributed by atoms with E-state index in [1.54, 1.807) is 12.1 Å². The standard InChI is InChI=1S/C25H23NO2/c1-25(2)20-8-3-4-9-21(20)26-23(25)13-11-16-6-5-7-18-14-17-10-12-19(27)15-22(17)28-24(16)18/h3-4,8-15,27H,5-7H2,1-2H3. The highest BCUT2D eigenvalue weighted by atomic mass is 16.5. The van der Waals surface area contributed by atoms with Crippen molar-refractivity contribution in [3.63, 3.8) is 0 Å². The van der Waals surface area contributed by atoms with Gasteiger partial charge in [-0.25, -0.2) is 0 Å². The second kappa shape index (κ2) is 6.23. The predicted molar refractivity (Wildman–Crippen MR) is 113 cm³/mol. The molecule has 0 saturated carbocycles. The first-order valence-electron chi connectivity index (χ1n) is 9.84. The van der Waals surface area contributed by atoms with Crippen molar-refractivity contribution in [2.45, 2.75) is 38.5 Å². The minimum Gasteiger partial charge on any atom is -0.508 e. The van der Waals surface area contributed by atoms with Crippen LogP contribution in [0.2, 0.25) is 0 Å². The fourth-order valence-corrected chi connectivity index (χ4v) is 4.29. The van der Waals surface area contributed by atoms with Crippen molar-refractivity contribution in [1.82, 2.24) is 0 Å². The average Bonchev–Trinajstić information content (AvgIpc) is 2.95. The molecule has 5 rings (SSSR count). The first-order chi connectivity index (χ1) is 13.5. The third kappa shape index (κ3) is 2.70. The number of rotatable bonds is 2. The van der Waals surface area contributed by atoms with Gasteiger partial charge in [-0.2, -0.15) is 0 Å². The van der Waals surface area contributed by atoms with E-state index in [0.717, 1.165) is 47.7 Å². The van der Waals surface area contributed by atoms with Gasteiger partial charge in [-0.3, -0.25) is 4.99 Å². The number of phenols is 1. The smallest absolute Gasteiger partial charge is 0.138 e. The van der Waals surface area contributed by atoms with Crippen LogP contribution in [0.15, 0.2) is 76.5 Å². The highest BCUT2D eigenvalue weighted by Gasteiger charge is 2.33. The molecule has 0 aromatic heterocycles. The Hall–Kier alpha value is -3.07. The van der Waals surface area contributed by atoms with Gasteiger partial charge in [-0.05, 0) is 66.3 Å². The van der Waals surface area contributed by atoms with Crippen LogP contribution in [0.5, 0.6) is 11.5 Å². The van der Waals surface area contributed by atoms with E-state index in [9.17, 15) is 5.11 Å². The highest BCUT2D eigenvalue weighted by Crippen LogP contribution is 2.42. The summed E-state index contributed by atoms with van der Waals surface area (Å²) in [5, 5.41) is 9.79. The molecule has 1 aliphatic carbocycles. The third-order valence-corrected chi connectivity index (χ3v) is 5.92. The lowest BCUT2D eigenvalue weighted by Crippen LogP contribution is -2.23. The number of nitrogens with zero attached hydrogens (tertiary/aromatic N) is 1. The number of fused-ring (bicyclic) bond motifs is 3. The molecule has 0 spiro atoms. The molecule has 3 heteroatoms. The molecule has 3 nitrogen and oxygen atoms in total. The lowest BCUT2D eigenvalue weighted by Gasteiger charge is -2.26. The molecule has 0 amide bonds. The topological polar surface area (TPSA) is 41.8 Å². The summed E-state index contributed by atoms with van der Waals surface area (Å²) < 4.78 is 6.22. The largest absolute Gasteiger partial charge is 0.508 e. The summed E-state index contributed by atoms with van der Waals surface area (Å²) in [6.45, 7) is 4.45. The number of ether oxygens (including phenoxy) is 1. The van der Waals surface area contributed by atoms with Crippen molar-refractivity contribution >= 4 is 17.5 Å². The third-order valence-electron chi connectivity index (χ3n) is 5.92. The van der Waals surface area contributed by atoms with Gasteiger partial charge in [0, 0.05) is 17.0 Å². The Kier molecular flexibility index (Phi) is 3.80. The minimum atomic E-state index is -0.0997. The van der Waals surface area contributed by atoms with E-state index in [0.29, 0.717) is 0 Å². The number of aromatic hydroxyl groups is 1. The van der Waals surface area contributed by atoms with Gasteiger partial charge < -0.3 is 9.84 Å². The zero-order chi connectivity index (χ0) is 19.3. The zero-order valence-electron chi connectivity index (χ0n) is 16.2. The summed E-state index contributed by atoms with van der Waals surface area (Å²) in [7, 11) is 0. The van der Waals surface area contributed by atoms with Crippen LogP contribution in [0.4, 0.5) is 5.69 Å². The number of allylic oxidation sites excluding steroid dienone is 4. The van der Waals surface area contributed by atoms with Gasteiger partial charge in [0.2, 0.25) is 0 Å². The molecule has 140 valence electrons. The molecule has 1 N–H and O–H groups in total. The van der Waals surface area contributed by atoms with Crippen LogP contribution in [-0.2, 0) is 5.41 Å². The summed E-state index contributed by atoms with van der Waals surface area (Å²) in [5.74, 6) is 1.89. The average molecular weight is 369 g/mol. The minimum absolute atomic E-state index is 0.0997. The van der Waals surface area contributed by atoms with E-state index in [4.69, 9.17) is 9.73 Å². The number of phenolic OH excluding ortho intramolecular Hbond substituents is 1. The number of aliphatic imine (C=N–C) groups is 1. The Morgan fingerprint density at radius 1 is 1.07 bits per heavy atom. The Morgan fingerprint density at radius 2 is 1.93 bits per heavy atom. The molecule has 0 radical (unpaired) electrons. The van der Waals surface area contributed by atoms with E-state index < -0.39 is 0 Å². The van der Waals surface area contributed by atoms with Crippen LogP contribution in [0.3, 0.4) is 0 Å². The van der Waals surface area contributed by atoms with Gasteiger partial charge in [0.25, 0.3) is 0 Å². The summed E-state index contributed by atoms with van der Waals surface area (Å²) in [4.78, 5) is 4.86. The fraction of sp³-hybridized carbons (Fsp3) is 0.240. The van der Waals surface area contributed by atoms with Crippen molar-refractivity contribution in [3.8, 4) is 11.5 Å². The predicted octanol–water partition coefficient (Wildman–Crippen LogP) is 6.23. The van der Waals surface area contributed by atoms with Crippen molar-refractivity contribution < 1.29 is 9.84 Å². The highest BCUT2D eigenvalue weighted by molar-refractivity contribution is 6.08. The number of hydrogen-bond acceptors (Lipinski definition) is 3. The van der Waals surface area contributed by atoms with Gasteiger partial charge >= 0.3 is 0 Å². The summed E-state index contributed by atoms with van der Waals surface area (Å²) in [5.41, 5.74) is 6.77. The zero-order valence-corrected chi connectivity index (χ0v) is 16.2. The monoisotopic (exact) mass is 369 g/mol. The summed E-state index contributed by atoms with van der Waals surface area (Å²) in [6, 6.07) is 13.7. The van der Waals surface area contributed by atoms with E-state index in [1.807, 2.05) is 12.1 Å². The fourth-order valence-electron chi connectivity index (χ4n) is 4.29. The molecule has 2 aromatic rings. The first kappa shape index (κ1) is 17.1. The van der Waals surface area contributed by atoms with Crippen molar-refractivity contribution in [2.24, 2.45) is 4.99 Å². The van der Waals surface area contributed by atoms with Gasteiger partial charge in [-0.15, -0.1) is 0 Å². The molecular formula is C25H23NO2. The molecule has 0 bridgehead atoms. The Bertz CT molecular complexity index is 1100. The maximum Gasteiger partial charge on any atom is 0.138 e. The van der Waals surface area contributed by atoms with Gasteiger partial charge in [-0.1, -0.05) is 38.1 Å². The van der Waals surface area contributed by atoms with Crippen molar-refractivity contribution in [2.75, 3.05) is 0 Å². The van der Waals surface area contributed by atoms with Gasteiger partial charge in [0.05, 0.1) is 11.4 Å². The molecule has 2 aromatic carbocycles. The molecule has 0 saturated heterocycles. The lowest BCUT2D eigenvalue weighted by atomic mass is 9.81. The van der Waals surface area contributed by atoms with Crippen LogP contribution in [0.25, 0.3) is 6.08 Å². The number of para-hydroxylation sites is 1. The van der Waals surface area contributed by atoms with Crippen LogP contribution in [0, 0.1) is 0 Å². The molecule has 2 heterocycles. The maximum absolute atomic E-state index is 9.79. The quantitative estimate of drug-likeness (QED) is 0.682. The number of benzene rings is 2. The summed E-state index contributed by atoms with van der Waals surface area (Å²) in [6.07, 6.45) is 9.62. The number of hydrogen-bond donors (Lipinski definition) is 1. The van der Waals surface area contributed by atoms with Crippen LogP contribution in [-0.4, -0.2) is 10.8 Å².